The number of fused-ring (bicyclic) bond motifs is 1. The summed E-state index contributed by atoms with van der Waals surface area (Å²) >= 11 is 7.14. The molecule has 10 heteroatoms. The normalized spacial score (nSPS) is 11.2. The van der Waals surface area contributed by atoms with E-state index in [2.05, 4.69) is 15.0 Å². The molecule has 0 saturated carbocycles. The maximum absolute atomic E-state index is 12.6. The number of benzene rings is 1. The van der Waals surface area contributed by atoms with E-state index >= 15 is 0 Å². The molecule has 4 rings (SSSR count). The molecule has 30 heavy (non-hydrogen) atoms. The Bertz CT molecular complexity index is 1400. The van der Waals surface area contributed by atoms with Crippen molar-refractivity contribution in [3.8, 4) is 27.4 Å². The predicted molar refractivity (Wildman–Crippen MR) is 116 cm³/mol. The highest BCUT2D eigenvalue weighted by Crippen LogP contribution is 2.47. The number of hydrogen-bond acceptors (Lipinski definition) is 6. The summed E-state index contributed by atoms with van der Waals surface area (Å²) < 4.78 is 5.05. The topological polar surface area (TPSA) is 128 Å². The first-order valence-corrected chi connectivity index (χ1v) is 10.1. The van der Waals surface area contributed by atoms with E-state index in [1.165, 1.54) is 0 Å². The smallest absolute Gasteiger partial charge is 0.343 e. The fraction of sp³-hybridized carbons (Fsp3) is 0.150. The lowest BCUT2D eigenvalue weighted by Crippen LogP contribution is -2.21. The van der Waals surface area contributed by atoms with Gasteiger partial charge in [-0.15, -0.1) is 11.3 Å². The summed E-state index contributed by atoms with van der Waals surface area (Å²) in [5.74, 6) is -0.928. The minimum absolute atomic E-state index is 0.0501. The second-order valence-corrected chi connectivity index (χ2v) is 8.13. The Balaban J connectivity index is 2.08. The molecule has 154 valence electrons. The van der Waals surface area contributed by atoms with Gasteiger partial charge in [-0.25, -0.2) is 9.59 Å². The lowest BCUT2D eigenvalue weighted by atomic mass is 10.0. The van der Waals surface area contributed by atoms with Crippen LogP contribution in [0.4, 0.5) is 0 Å². The summed E-state index contributed by atoms with van der Waals surface area (Å²) in [4.78, 5) is 45.4. The molecule has 8 nitrogen and oxygen atoms in total. The molecule has 0 spiro atoms. The summed E-state index contributed by atoms with van der Waals surface area (Å²) in [5, 5.41) is 11.6. The van der Waals surface area contributed by atoms with Gasteiger partial charge in [-0.05, 0) is 31.5 Å². The summed E-state index contributed by atoms with van der Waals surface area (Å²) in [7, 11) is 0. The molecule has 0 bridgehead atoms. The number of nitrogens with one attached hydrogen (secondary N) is 3. The Kier molecular flexibility index (Phi) is 5.00. The van der Waals surface area contributed by atoms with Crippen LogP contribution in [-0.2, 0) is 4.74 Å². The van der Waals surface area contributed by atoms with Gasteiger partial charge in [-0.1, -0.05) is 23.7 Å². The van der Waals surface area contributed by atoms with Crippen LogP contribution in [0.25, 0.3) is 32.7 Å². The summed E-state index contributed by atoms with van der Waals surface area (Å²) in [5.41, 5.74) is 0.493. The van der Waals surface area contributed by atoms with Gasteiger partial charge in [-0.2, -0.15) is 0 Å². The molecular weight excluding hydrogens is 430 g/mol. The Hall–Kier alpha value is -3.30. The summed E-state index contributed by atoms with van der Waals surface area (Å²) in [6.45, 7) is 3.52. The molecule has 4 N–H and O–H groups in total. The van der Waals surface area contributed by atoms with Crippen LogP contribution in [0.5, 0.6) is 5.75 Å². The van der Waals surface area contributed by atoms with E-state index < -0.39 is 17.2 Å². The van der Waals surface area contributed by atoms with E-state index in [1.807, 2.05) is 0 Å². The van der Waals surface area contributed by atoms with E-state index in [1.54, 1.807) is 38.1 Å². The van der Waals surface area contributed by atoms with Crippen LogP contribution < -0.4 is 11.2 Å². The highest BCUT2D eigenvalue weighted by atomic mass is 35.5. The number of H-pyrrole nitrogens is 3. The number of aromatic nitrogens is 3. The van der Waals surface area contributed by atoms with Crippen molar-refractivity contribution < 1.29 is 14.6 Å². The number of aromatic amines is 3. The molecule has 0 aliphatic carbocycles. The Morgan fingerprint density at radius 2 is 1.87 bits per heavy atom. The number of rotatable bonds is 4. The number of carbonyl (C=O) groups is 1. The number of hydrogen-bond donors (Lipinski definition) is 4. The van der Waals surface area contributed by atoms with Crippen LogP contribution in [0.1, 0.15) is 22.2 Å². The molecule has 0 aliphatic heterocycles. The van der Waals surface area contributed by atoms with Crippen molar-refractivity contribution in [3.05, 3.63) is 60.6 Å². The van der Waals surface area contributed by atoms with Gasteiger partial charge in [0.25, 0.3) is 5.56 Å². The molecule has 0 atom stereocenters. The second kappa shape index (κ2) is 7.51. The van der Waals surface area contributed by atoms with Crippen molar-refractivity contribution >= 4 is 39.9 Å². The van der Waals surface area contributed by atoms with Gasteiger partial charge in [-0.3, -0.25) is 14.8 Å². The number of aryl methyl sites for hydroxylation is 1. The highest BCUT2D eigenvalue weighted by molar-refractivity contribution is 7.16. The number of esters is 1. The van der Waals surface area contributed by atoms with E-state index in [4.69, 9.17) is 16.3 Å². The van der Waals surface area contributed by atoms with Gasteiger partial charge in [0.1, 0.15) is 17.0 Å². The number of ether oxygens (including phenoxy) is 1. The van der Waals surface area contributed by atoms with Crippen molar-refractivity contribution in [1.29, 1.82) is 0 Å². The summed E-state index contributed by atoms with van der Waals surface area (Å²) in [6, 6.07) is 6.85. The molecule has 0 amide bonds. The zero-order valence-electron chi connectivity index (χ0n) is 15.9. The third-order valence-corrected chi connectivity index (χ3v) is 5.96. The number of carbonyl (C=O) groups excluding carboxylic acids is 1. The van der Waals surface area contributed by atoms with Crippen molar-refractivity contribution in [3.63, 3.8) is 0 Å². The van der Waals surface area contributed by atoms with Crippen molar-refractivity contribution in [2.75, 3.05) is 6.61 Å². The molecule has 3 aromatic heterocycles. The van der Waals surface area contributed by atoms with Crippen LogP contribution in [0.3, 0.4) is 0 Å². The molecule has 0 aliphatic rings. The minimum atomic E-state index is -0.665. The number of halogens is 1. The zero-order valence-corrected chi connectivity index (χ0v) is 17.5. The second-order valence-electron chi connectivity index (χ2n) is 6.47. The molecule has 4 aromatic rings. The van der Waals surface area contributed by atoms with Crippen LogP contribution in [0.2, 0.25) is 5.02 Å². The largest absolute Gasteiger partial charge is 0.505 e. The van der Waals surface area contributed by atoms with E-state index in [0.29, 0.717) is 31.6 Å². The average Bonchev–Trinajstić information content (AvgIpc) is 3.19. The van der Waals surface area contributed by atoms with E-state index in [9.17, 15) is 19.5 Å². The summed E-state index contributed by atoms with van der Waals surface area (Å²) in [6.07, 6.45) is 0. The highest BCUT2D eigenvalue weighted by Gasteiger charge is 2.28. The van der Waals surface area contributed by atoms with Gasteiger partial charge in [0, 0.05) is 15.5 Å². The SMILES string of the molecule is CCOC(=O)c1c(C)sc(-c2c(-c3ccc(Cl)cc3)[nH]c3[nH]c(=O)[nH]c(=O)c23)c1O. The predicted octanol–water partition coefficient (Wildman–Crippen LogP) is 3.78. The lowest BCUT2D eigenvalue weighted by molar-refractivity contribution is 0.0523. The van der Waals surface area contributed by atoms with Crippen LogP contribution in [0, 0.1) is 6.92 Å². The standard InChI is InChI=1S/C20H16ClN3O5S/c1-3-29-19(27)11-8(2)30-16(15(11)25)12-13-17(23-20(28)24-18(13)26)22-14(12)9-4-6-10(21)7-5-9/h4-7,25H,3H2,1-2H3,(H3,22,23,24,26,28). The molecule has 1 aromatic carbocycles. The molecular formula is C20H16ClN3O5S. The van der Waals surface area contributed by atoms with E-state index in [0.717, 1.165) is 11.3 Å². The Morgan fingerprint density at radius 1 is 1.17 bits per heavy atom. The fourth-order valence-corrected chi connectivity index (χ4v) is 4.56. The molecule has 0 saturated heterocycles. The first kappa shape index (κ1) is 20.0. The quantitative estimate of drug-likeness (QED) is 0.355. The maximum Gasteiger partial charge on any atom is 0.343 e. The average molecular weight is 446 g/mol. The van der Waals surface area contributed by atoms with Gasteiger partial charge in [0.15, 0.2) is 0 Å². The van der Waals surface area contributed by atoms with Gasteiger partial charge < -0.3 is 14.8 Å². The number of aromatic hydroxyl groups is 1. The number of thiophene rings is 1. The zero-order chi connectivity index (χ0) is 21.6. The van der Waals surface area contributed by atoms with Crippen LogP contribution >= 0.6 is 22.9 Å². The van der Waals surface area contributed by atoms with Crippen molar-refractivity contribution in [1.82, 2.24) is 15.0 Å². The van der Waals surface area contributed by atoms with Gasteiger partial charge in [0.05, 0.1) is 22.6 Å². The van der Waals surface area contributed by atoms with Crippen molar-refractivity contribution in [2.45, 2.75) is 13.8 Å². The van der Waals surface area contributed by atoms with Gasteiger partial charge in [0.2, 0.25) is 0 Å². The van der Waals surface area contributed by atoms with Gasteiger partial charge >= 0.3 is 11.7 Å². The molecule has 0 radical (unpaired) electrons. The molecule has 0 fully saturated rings. The third-order valence-electron chi connectivity index (χ3n) is 4.59. The molecule has 0 unspecified atom stereocenters. The lowest BCUT2D eigenvalue weighted by Gasteiger charge is -2.05. The third kappa shape index (κ3) is 3.21. The Morgan fingerprint density at radius 3 is 2.53 bits per heavy atom. The van der Waals surface area contributed by atoms with E-state index in [-0.39, 0.29) is 29.0 Å². The minimum Gasteiger partial charge on any atom is -0.505 e. The Labute approximate surface area is 178 Å². The first-order valence-electron chi connectivity index (χ1n) is 8.95. The van der Waals surface area contributed by atoms with Crippen LogP contribution in [0.15, 0.2) is 33.9 Å². The fourth-order valence-electron chi connectivity index (χ4n) is 3.34. The molecule has 3 heterocycles. The first-order chi connectivity index (χ1) is 14.3. The monoisotopic (exact) mass is 445 g/mol. The maximum atomic E-state index is 12.6. The van der Waals surface area contributed by atoms with Crippen molar-refractivity contribution in [2.24, 2.45) is 0 Å². The van der Waals surface area contributed by atoms with Crippen LogP contribution in [-0.4, -0.2) is 32.6 Å².